The second-order valence-corrected chi connectivity index (χ2v) is 8.20. The summed E-state index contributed by atoms with van der Waals surface area (Å²) in [5.74, 6) is 0.117. The number of aryl methyl sites for hydroxylation is 1. The van der Waals surface area contributed by atoms with E-state index in [4.69, 9.17) is 4.98 Å². The summed E-state index contributed by atoms with van der Waals surface area (Å²) in [6, 6.07) is 6.55. The maximum absolute atomic E-state index is 11.6. The van der Waals surface area contributed by atoms with Crippen molar-refractivity contribution in [1.82, 2.24) is 19.2 Å². The molecule has 0 spiro atoms. The third kappa shape index (κ3) is 3.50. The van der Waals surface area contributed by atoms with E-state index in [1.807, 2.05) is 4.90 Å². The quantitative estimate of drug-likeness (QED) is 0.497. The highest BCUT2D eigenvalue weighted by Crippen LogP contribution is 2.30. The summed E-state index contributed by atoms with van der Waals surface area (Å²) in [5.41, 5.74) is 2.87. The number of rotatable bonds is 4. The first-order chi connectivity index (χ1) is 13.4. The summed E-state index contributed by atoms with van der Waals surface area (Å²) in [7, 11) is 0. The monoisotopic (exact) mass is 399 g/mol. The van der Waals surface area contributed by atoms with Crippen LogP contribution >= 0.6 is 11.3 Å². The Hall–Kier alpha value is -2.78. The standard InChI is InChI=1S/C19H21N5O3S/c1-13-11-23-17(12-21-7-9-22(10-8-21)14(2)25)18(20-19(23)28-13)15-3-5-16(6-4-15)24(26)27/h3-6,11H,7-10,12H2,1-2H3. The van der Waals surface area contributed by atoms with E-state index in [0.717, 1.165) is 54.6 Å². The molecule has 3 heterocycles. The van der Waals surface area contributed by atoms with Crippen LogP contribution in [0.2, 0.25) is 0 Å². The number of imidazole rings is 1. The van der Waals surface area contributed by atoms with Crippen LogP contribution in [0, 0.1) is 17.0 Å². The molecule has 0 atom stereocenters. The average molecular weight is 399 g/mol. The Bertz CT molecular complexity index is 1030. The largest absolute Gasteiger partial charge is 0.340 e. The van der Waals surface area contributed by atoms with Gasteiger partial charge in [0.05, 0.1) is 16.3 Å². The smallest absolute Gasteiger partial charge is 0.269 e. The molecule has 1 amide bonds. The van der Waals surface area contributed by atoms with E-state index in [9.17, 15) is 14.9 Å². The Morgan fingerprint density at radius 2 is 1.89 bits per heavy atom. The number of nitro groups is 1. The third-order valence-corrected chi connectivity index (χ3v) is 5.98. The molecule has 0 bridgehead atoms. The van der Waals surface area contributed by atoms with E-state index in [1.54, 1.807) is 30.4 Å². The maximum atomic E-state index is 11.6. The van der Waals surface area contributed by atoms with Gasteiger partial charge in [-0.2, -0.15) is 0 Å². The van der Waals surface area contributed by atoms with Crippen LogP contribution in [0.1, 0.15) is 17.5 Å². The first kappa shape index (κ1) is 18.6. The Balaban J connectivity index is 1.65. The average Bonchev–Trinajstić information content (AvgIpc) is 3.19. The molecule has 0 unspecified atom stereocenters. The number of thiazole rings is 1. The fraction of sp³-hybridized carbons (Fsp3) is 0.368. The number of piperazine rings is 1. The number of hydrogen-bond acceptors (Lipinski definition) is 6. The summed E-state index contributed by atoms with van der Waals surface area (Å²) in [6.07, 6.45) is 2.09. The predicted octanol–water partition coefficient (Wildman–Crippen LogP) is 2.94. The van der Waals surface area contributed by atoms with Gasteiger partial charge in [0.1, 0.15) is 0 Å². The zero-order valence-corrected chi connectivity index (χ0v) is 16.6. The van der Waals surface area contributed by atoms with Crippen LogP contribution in [0.5, 0.6) is 0 Å². The minimum atomic E-state index is -0.395. The summed E-state index contributed by atoms with van der Waals surface area (Å²) < 4.78 is 2.12. The molecular formula is C19H21N5O3S. The molecule has 0 N–H and O–H groups in total. The number of nitrogens with zero attached hydrogens (tertiary/aromatic N) is 5. The summed E-state index contributed by atoms with van der Waals surface area (Å²) in [4.78, 5) is 33.2. The number of aromatic nitrogens is 2. The lowest BCUT2D eigenvalue weighted by molar-refractivity contribution is -0.384. The first-order valence-corrected chi connectivity index (χ1v) is 9.94. The van der Waals surface area contributed by atoms with E-state index in [-0.39, 0.29) is 11.6 Å². The second kappa shape index (κ2) is 7.33. The van der Waals surface area contributed by atoms with Gasteiger partial charge in [0.15, 0.2) is 4.96 Å². The lowest BCUT2D eigenvalue weighted by Gasteiger charge is -2.34. The van der Waals surface area contributed by atoms with Crippen molar-refractivity contribution in [2.75, 3.05) is 26.2 Å². The molecule has 9 heteroatoms. The van der Waals surface area contributed by atoms with Crippen LogP contribution in [0.3, 0.4) is 0 Å². The molecule has 3 aromatic rings. The van der Waals surface area contributed by atoms with Crippen molar-refractivity contribution in [3.8, 4) is 11.3 Å². The molecular weight excluding hydrogens is 378 g/mol. The lowest BCUT2D eigenvalue weighted by atomic mass is 10.1. The topological polar surface area (TPSA) is 84.0 Å². The van der Waals surface area contributed by atoms with Crippen LogP contribution in [0.4, 0.5) is 5.69 Å². The van der Waals surface area contributed by atoms with Crippen molar-refractivity contribution in [3.05, 3.63) is 51.1 Å². The van der Waals surface area contributed by atoms with E-state index >= 15 is 0 Å². The van der Waals surface area contributed by atoms with Gasteiger partial charge in [-0.1, -0.05) is 0 Å². The van der Waals surface area contributed by atoms with Gasteiger partial charge in [0.25, 0.3) is 5.69 Å². The number of carbonyl (C=O) groups excluding carboxylic acids is 1. The molecule has 146 valence electrons. The highest BCUT2D eigenvalue weighted by molar-refractivity contribution is 7.17. The van der Waals surface area contributed by atoms with Gasteiger partial charge in [0.2, 0.25) is 5.91 Å². The van der Waals surface area contributed by atoms with Crippen molar-refractivity contribution < 1.29 is 9.72 Å². The maximum Gasteiger partial charge on any atom is 0.269 e. The Kier molecular flexibility index (Phi) is 4.86. The number of hydrogen-bond donors (Lipinski definition) is 0. The normalized spacial score (nSPS) is 15.3. The fourth-order valence-electron chi connectivity index (χ4n) is 3.56. The second-order valence-electron chi connectivity index (χ2n) is 6.99. The van der Waals surface area contributed by atoms with Crippen molar-refractivity contribution in [3.63, 3.8) is 0 Å². The number of non-ortho nitro benzene ring substituents is 1. The molecule has 1 aliphatic rings. The van der Waals surface area contributed by atoms with E-state index < -0.39 is 4.92 Å². The molecule has 0 saturated carbocycles. The number of nitro benzene ring substituents is 1. The Labute approximate surface area is 166 Å². The van der Waals surface area contributed by atoms with Gasteiger partial charge in [-0.25, -0.2) is 4.98 Å². The predicted molar refractivity (Wildman–Crippen MR) is 107 cm³/mol. The van der Waals surface area contributed by atoms with Gasteiger partial charge >= 0.3 is 0 Å². The van der Waals surface area contributed by atoms with Gasteiger partial charge in [-0.3, -0.25) is 24.2 Å². The van der Waals surface area contributed by atoms with Gasteiger partial charge < -0.3 is 4.90 Å². The Morgan fingerprint density at radius 3 is 2.50 bits per heavy atom. The molecule has 2 aromatic heterocycles. The molecule has 0 aliphatic carbocycles. The molecule has 1 saturated heterocycles. The number of benzene rings is 1. The minimum absolute atomic E-state index is 0.0718. The van der Waals surface area contributed by atoms with Gasteiger partial charge in [-0.15, -0.1) is 11.3 Å². The molecule has 28 heavy (non-hydrogen) atoms. The Morgan fingerprint density at radius 1 is 1.21 bits per heavy atom. The molecule has 1 aromatic carbocycles. The fourth-order valence-corrected chi connectivity index (χ4v) is 4.40. The first-order valence-electron chi connectivity index (χ1n) is 9.12. The summed E-state index contributed by atoms with van der Waals surface area (Å²) in [5, 5.41) is 10.9. The highest BCUT2D eigenvalue weighted by Gasteiger charge is 2.23. The lowest BCUT2D eigenvalue weighted by Crippen LogP contribution is -2.47. The highest BCUT2D eigenvalue weighted by atomic mass is 32.1. The minimum Gasteiger partial charge on any atom is -0.340 e. The van der Waals surface area contributed by atoms with E-state index in [1.165, 1.54) is 17.0 Å². The van der Waals surface area contributed by atoms with Crippen molar-refractivity contribution in [2.45, 2.75) is 20.4 Å². The molecule has 8 nitrogen and oxygen atoms in total. The van der Waals surface area contributed by atoms with E-state index in [0.29, 0.717) is 0 Å². The zero-order chi connectivity index (χ0) is 19.8. The van der Waals surface area contributed by atoms with Gasteiger partial charge in [0, 0.05) is 68.4 Å². The van der Waals surface area contributed by atoms with Crippen LogP contribution in [0.15, 0.2) is 30.5 Å². The van der Waals surface area contributed by atoms with Gasteiger partial charge in [-0.05, 0) is 19.1 Å². The molecule has 1 aliphatic heterocycles. The van der Waals surface area contributed by atoms with Crippen molar-refractivity contribution in [1.29, 1.82) is 0 Å². The molecule has 1 fully saturated rings. The van der Waals surface area contributed by atoms with Crippen LogP contribution in [-0.2, 0) is 11.3 Å². The van der Waals surface area contributed by atoms with Crippen LogP contribution < -0.4 is 0 Å². The SMILES string of the molecule is CC(=O)N1CCN(Cc2c(-c3ccc([N+](=O)[O-])cc3)nc3sc(C)cn23)CC1. The number of amides is 1. The van der Waals surface area contributed by atoms with Crippen LogP contribution in [-0.4, -0.2) is 56.2 Å². The number of fused-ring (bicyclic) bond motifs is 1. The number of carbonyl (C=O) groups is 1. The van der Waals surface area contributed by atoms with E-state index in [2.05, 4.69) is 22.4 Å². The summed E-state index contributed by atoms with van der Waals surface area (Å²) >= 11 is 1.63. The van der Waals surface area contributed by atoms with Crippen LogP contribution in [0.25, 0.3) is 16.2 Å². The summed E-state index contributed by atoms with van der Waals surface area (Å²) in [6.45, 7) is 7.47. The molecule has 4 rings (SSSR count). The van der Waals surface area contributed by atoms with Crippen molar-refractivity contribution >= 4 is 27.9 Å². The zero-order valence-electron chi connectivity index (χ0n) is 15.8. The third-order valence-electron chi connectivity index (χ3n) is 5.08. The van der Waals surface area contributed by atoms with Crippen molar-refractivity contribution in [2.24, 2.45) is 0 Å². The molecule has 0 radical (unpaired) electrons.